The van der Waals surface area contributed by atoms with Crippen LogP contribution in [0.1, 0.15) is 60.4 Å². The fourth-order valence-corrected chi connectivity index (χ4v) is 7.07. The minimum atomic E-state index is -0.589. The Balaban J connectivity index is 1.67. The molecule has 0 fully saturated rings. The van der Waals surface area contributed by atoms with E-state index in [4.69, 9.17) is 17.3 Å². The molecule has 3 aromatic rings. The number of ketones is 1. The van der Waals surface area contributed by atoms with E-state index in [1.54, 1.807) is 22.7 Å². The van der Waals surface area contributed by atoms with E-state index in [1.807, 2.05) is 6.92 Å². The van der Waals surface area contributed by atoms with Gasteiger partial charge in [-0.05, 0) is 79.6 Å². The van der Waals surface area contributed by atoms with Gasteiger partial charge in [0.15, 0.2) is 5.78 Å². The highest BCUT2D eigenvalue weighted by Gasteiger charge is 2.45. The number of anilines is 1. The lowest BCUT2D eigenvalue weighted by Crippen LogP contribution is -2.42. The van der Waals surface area contributed by atoms with Gasteiger partial charge in [0.1, 0.15) is 11.6 Å². The second-order valence-electron chi connectivity index (χ2n) is 11.8. The van der Waals surface area contributed by atoms with Crippen LogP contribution < -0.4 is 10.6 Å². The molecule has 1 aliphatic carbocycles. The summed E-state index contributed by atoms with van der Waals surface area (Å²) in [6.07, 6.45) is 0.930. The number of rotatable bonds is 5. The predicted octanol–water partition coefficient (Wildman–Crippen LogP) is 8.64. The van der Waals surface area contributed by atoms with Crippen LogP contribution in [0, 0.1) is 43.3 Å². The van der Waals surface area contributed by atoms with Crippen LogP contribution in [-0.4, -0.2) is 5.78 Å². The van der Waals surface area contributed by atoms with Gasteiger partial charge in [0, 0.05) is 34.0 Å². The number of benzene rings is 3. The van der Waals surface area contributed by atoms with Crippen molar-refractivity contribution in [3.05, 3.63) is 116 Å². The second-order valence-corrected chi connectivity index (χ2v) is 13.3. The summed E-state index contributed by atoms with van der Waals surface area (Å²) in [5, 5.41) is 10.4. The number of carbonyl (C=O) groups excluding carboxylic acids is 1. The van der Waals surface area contributed by atoms with Crippen LogP contribution >= 0.6 is 23.4 Å². The second kappa shape index (κ2) is 11.0. The molecule has 210 valence electrons. The molecule has 1 heterocycles. The molecule has 0 aromatic heterocycles. The highest BCUT2D eigenvalue weighted by Crippen LogP contribution is 2.51. The van der Waals surface area contributed by atoms with Crippen molar-refractivity contribution in [2.45, 2.75) is 64.0 Å². The summed E-state index contributed by atoms with van der Waals surface area (Å²) < 4.78 is 14.1. The standard InChI is InChI=1S/C34H33ClFN3OS/c1-19-6-9-24(10-7-19)41-18-22-12-20(2)13-25(21(22)3)31-26(17-37)33(38)39(23-8-11-28(36)27(35)14-23)29-15-34(4,5)16-30(40)32(29)31/h6-14,31H,15-16,18,38H2,1-5H3. The number of carbonyl (C=O) groups is 1. The monoisotopic (exact) mass is 585 g/mol. The molecule has 3 aromatic carbocycles. The van der Waals surface area contributed by atoms with Crippen molar-refractivity contribution < 1.29 is 9.18 Å². The van der Waals surface area contributed by atoms with E-state index >= 15 is 0 Å². The van der Waals surface area contributed by atoms with E-state index in [-0.39, 0.29) is 22.0 Å². The zero-order chi connectivity index (χ0) is 29.6. The average molecular weight is 586 g/mol. The Bertz CT molecular complexity index is 1670. The lowest BCUT2D eigenvalue weighted by molar-refractivity contribution is -0.118. The summed E-state index contributed by atoms with van der Waals surface area (Å²) in [5.74, 6) is -0.148. The Hall–Kier alpha value is -3.53. The molecule has 0 bridgehead atoms. The molecule has 4 nitrogen and oxygen atoms in total. The van der Waals surface area contributed by atoms with Gasteiger partial charge in [0.2, 0.25) is 0 Å². The van der Waals surface area contributed by atoms with Crippen molar-refractivity contribution in [1.29, 1.82) is 5.26 Å². The summed E-state index contributed by atoms with van der Waals surface area (Å²) >= 11 is 7.92. The number of aryl methyl sites for hydroxylation is 2. The van der Waals surface area contributed by atoms with Crippen LogP contribution in [0.2, 0.25) is 5.02 Å². The highest BCUT2D eigenvalue weighted by atomic mass is 35.5. The van der Waals surface area contributed by atoms with Crippen molar-refractivity contribution in [3.8, 4) is 6.07 Å². The third-order valence-electron chi connectivity index (χ3n) is 7.97. The maximum absolute atomic E-state index is 14.1. The summed E-state index contributed by atoms with van der Waals surface area (Å²) in [5.41, 5.74) is 14.0. The van der Waals surface area contributed by atoms with Gasteiger partial charge in [-0.2, -0.15) is 5.26 Å². The first-order valence-corrected chi connectivity index (χ1v) is 15.0. The molecule has 1 atom stereocenters. The number of Topliss-reactive ketones (excluding diaryl/α,β-unsaturated/α-hetero) is 1. The number of hydrogen-bond donors (Lipinski definition) is 1. The minimum Gasteiger partial charge on any atom is -0.384 e. The number of nitrogens with zero attached hydrogens (tertiary/aromatic N) is 2. The fraction of sp³-hybridized carbons (Fsp3) is 0.294. The summed E-state index contributed by atoms with van der Waals surface area (Å²) in [7, 11) is 0. The topological polar surface area (TPSA) is 70.1 Å². The van der Waals surface area contributed by atoms with Gasteiger partial charge in [-0.15, -0.1) is 11.8 Å². The van der Waals surface area contributed by atoms with Crippen LogP contribution in [0.15, 0.2) is 82.2 Å². The third kappa shape index (κ3) is 5.54. The van der Waals surface area contributed by atoms with Gasteiger partial charge in [0.25, 0.3) is 0 Å². The van der Waals surface area contributed by atoms with Crippen LogP contribution in [0.3, 0.4) is 0 Å². The number of nitriles is 1. The van der Waals surface area contributed by atoms with Gasteiger partial charge in [0.05, 0.1) is 22.6 Å². The molecule has 0 saturated carbocycles. The molecular formula is C34H33ClFN3OS. The Morgan fingerprint density at radius 2 is 1.78 bits per heavy atom. The molecular weight excluding hydrogens is 553 g/mol. The number of halogens is 2. The summed E-state index contributed by atoms with van der Waals surface area (Å²) in [6, 6.07) is 19.4. The molecule has 2 N–H and O–H groups in total. The molecule has 0 saturated heterocycles. The first-order valence-electron chi connectivity index (χ1n) is 13.6. The van der Waals surface area contributed by atoms with E-state index in [0.29, 0.717) is 29.7 Å². The van der Waals surface area contributed by atoms with E-state index in [2.05, 4.69) is 70.2 Å². The molecule has 0 radical (unpaired) electrons. The van der Waals surface area contributed by atoms with Crippen molar-refractivity contribution in [3.63, 3.8) is 0 Å². The molecule has 1 aliphatic heterocycles. The maximum atomic E-state index is 14.1. The zero-order valence-electron chi connectivity index (χ0n) is 23.9. The molecule has 0 amide bonds. The molecule has 41 heavy (non-hydrogen) atoms. The van der Waals surface area contributed by atoms with Crippen molar-refractivity contribution >= 4 is 34.8 Å². The molecule has 0 spiro atoms. The largest absolute Gasteiger partial charge is 0.384 e. The summed E-state index contributed by atoms with van der Waals surface area (Å²) in [6.45, 7) is 10.3. The SMILES string of the molecule is Cc1ccc(SCc2cc(C)cc(C3C(C#N)=C(N)N(c4ccc(F)c(Cl)c4)C4=C3C(=O)CC(C)(C)C4)c2C)cc1. The third-order valence-corrected chi connectivity index (χ3v) is 9.32. The van der Waals surface area contributed by atoms with Crippen molar-refractivity contribution in [2.24, 2.45) is 11.1 Å². The predicted molar refractivity (Wildman–Crippen MR) is 165 cm³/mol. The van der Waals surface area contributed by atoms with Crippen LogP contribution in [0.4, 0.5) is 10.1 Å². The Morgan fingerprint density at radius 1 is 1.07 bits per heavy atom. The van der Waals surface area contributed by atoms with Gasteiger partial charge in [-0.3, -0.25) is 9.69 Å². The normalized spacial score (nSPS) is 18.4. The first-order chi connectivity index (χ1) is 19.4. The Morgan fingerprint density at radius 3 is 2.44 bits per heavy atom. The lowest BCUT2D eigenvalue weighted by atomic mass is 9.68. The van der Waals surface area contributed by atoms with E-state index in [9.17, 15) is 14.4 Å². The number of hydrogen-bond acceptors (Lipinski definition) is 5. The summed E-state index contributed by atoms with van der Waals surface area (Å²) in [4.78, 5) is 16.9. The van der Waals surface area contributed by atoms with Crippen LogP contribution in [0.25, 0.3) is 0 Å². The molecule has 2 aliphatic rings. The van der Waals surface area contributed by atoms with Gasteiger partial charge in [-0.1, -0.05) is 60.8 Å². The van der Waals surface area contributed by atoms with E-state index in [0.717, 1.165) is 33.7 Å². The van der Waals surface area contributed by atoms with E-state index in [1.165, 1.54) is 22.6 Å². The highest BCUT2D eigenvalue weighted by molar-refractivity contribution is 7.98. The Kier molecular flexibility index (Phi) is 7.80. The van der Waals surface area contributed by atoms with Crippen LogP contribution in [-0.2, 0) is 10.5 Å². The smallest absolute Gasteiger partial charge is 0.162 e. The van der Waals surface area contributed by atoms with Crippen molar-refractivity contribution in [1.82, 2.24) is 0 Å². The minimum absolute atomic E-state index is 0.00352. The molecule has 1 unspecified atom stereocenters. The lowest BCUT2D eigenvalue weighted by Gasteiger charge is -2.44. The molecule has 5 rings (SSSR count). The van der Waals surface area contributed by atoms with E-state index < -0.39 is 11.7 Å². The molecule has 7 heteroatoms. The fourth-order valence-electron chi connectivity index (χ4n) is 5.95. The maximum Gasteiger partial charge on any atom is 0.162 e. The van der Waals surface area contributed by atoms with Gasteiger partial charge >= 0.3 is 0 Å². The van der Waals surface area contributed by atoms with Crippen molar-refractivity contribution in [2.75, 3.05) is 4.90 Å². The van der Waals surface area contributed by atoms with Gasteiger partial charge < -0.3 is 5.73 Å². The van der Waals surface area contributed by atoms with Gasteiger partial charge in [-0.25, -0.2) is 4.39 Å². The number of thioether (sulfide) groups is 1. The quantitative estimate of drug-likeness (QED) is 0.303. The first kappa shape index (κ1) is 29.0. The number of nitrogens with two attached hydrogens (primary N) is 1. The Labute approximate surface area is 250 Å². The number of allylic oxidation sites excluding steroid dienone is 3. The van der Waals surface area contributed by atoms with Crippen LogP contribution in [0.5, 0.6) is 0 Å². The average Bonchev–Trinajstić information content (AvgIpc) is 2.90. The zero-order valence-corrected chi connectivity index (χ0v) is 25.5.